The number of nitrogens with one attached hydrogen (secondary N) is 1. The lowest BCUT2D eigenvalue weighted by molar-refractivity contribution is 0.0735. The largest absolute Gasteiger partial charge is 0.385 e. The van der Waals surface area contributed by atoms with E-state index in [1.54, 1.807) is 19.2 Å². The smallest absolute Gasteiger partial charge is 0.256 e. The third kappa shape index (κ3) is 2.57. The van der Waals surface area contributed by atoms with Gasteiger partial charge in [-0.25, -0.2) is 4.39 Å². The molecule has 1 aromatic carbocycles. The van der Waals surface area contributed by atoms with Crippen molar-refractivity contribution in [2.45, 2.75) is 31.7 Å². The Bertz CT molecular complexity index is 495. The van der Waals surface area contributed by atoms with Crippen molar-refractivity contribution >= 4 is 11.6 Å². The van der Waals surface area contributed by atoms with Crippen LogP contribution in [-0.2, 0) is 0 Å². The third-order valence-corrected chi connectivity index (χ3v) is 3.89. The number of para-hydroxylation sites is 1. The number of carbonyl (C=O) groups is 1. The molecule has 0 heterocycles. The van der Waals surface area contributed by atoms with Crippen LogP contribution in [0.5, 0.6) is 0 Å². The molecule has 0 unspecified atom stereocenters. The average Bonchev–Trinajstić information content (AvgIpc) is 3.27. The second-order valence-electron chi connectivity index (χ2n) is 5.54. The minimum absolute atomic E-state index is 0.0294. The van der Waals surface area contributed by atoms with Gasteiger partial charge >= 0.3 is 0 Å². The van der Waals surface area contributed by atoms with E-state index in [0.29, 0.717) is 23.2 Å². The molecule has 1 N–H and O–H groups in total. The Labute approximate surface area is 112 Å². The van der Waals surface area contributed by atoms with Crippen LogP contribution in [0.25, 0.3) is 0 Å². The average molecular weight is 262 g/mol. The molecule has 3 nitrogen and oxygen atoms in total. The van der Waals surface area contributed by atoms with Crippen LogP contribution in [-0.4, -0.2) is 30.4 Å². The zero-order valence-electron chi connectivity index (χ0n) is 11.2. The lowest BCUT2D eigenvalue weighted by atomic mass is 10.1. The fourth-order valence-corrected chi connectivity index (χ4v) is 2.47. The summed E-state index contributed by atoms with van der Waals surface area (Å²) in [4.78, 5) is 14.6. The van der Waals surface area contributed by atoms with E-state index in [4.69, 9.17) is 0 Å². The van der Waals surface area contributed by atoms with Crippen molar-refractivity contribution in [3.05, 3.63) is 29.6 Å². The summed E-state index contributed by atoms with van der Waals surface area (Å²) in [5.41, 5.74) is 0.768. The van der Waals surface area contributed by atoms with Crippen molar-refractivity contribution in [1.29, 1.82) is 0 Å². The van der Waals surface area contributed by atoms with Gasteiger partial charge in [0, 0.05) is 19.6 Å². The van der Waals surface area contributed by atoms with E-state index < -0.39 is 0 Å². The summed E-state index contributed by atoms with van der Waals surface area (Å²) in [6.07, 6.45) is 4.61. The first kappa shape index (κ1) is 12.5. The van der Waals surface area contributed by atoms with Crippen molar-refractivity contribution in [3.8, 4) is 0 Å². The van der Waals surface area contributed by atoms with E-state index >= 15 is 0 Å². The molecule has 2 aliphatic carbocycles. The van der Waals surface area contributed by atoms with Gasteiger partial charge in [-0.2, -0.15) is 0 Å². The molecule has 2 fully saturated rings. The first-order chi connectivity index (χ1) is 9.20. The highest BCUT2D eigenvalue weighted by molar-refractivity contribution is 6.00. The summed E-state index contributed by atoms with van der Waals surface area (Å²) < 4.78 is 13.7. The highest BCUT2D eigenvalue weighted by Crippen LogP contribution is 2.36. The number of rotatable bonds is 5. The number of halogens is 1. The van der Waals surface area contributed by atoms with Gasteiger partial charge < -0.3 is 10.2 Å². The molecule has 1 aromatic rings. The summed E-state index contributed by atoms with van der Waals surface area (Å²) in [5, 5.41) is 2.81. The third-order valence-electron chi connectivity index (χ3n) is 3.89. The number of hydrogen-bond donors (Lipinski definition) is 1. The van der Waals surface area contributed by atoms with Crippen molar-refractivity contribution in [1.82, 2.24) is 4.90 Å². The molecule has 0 saturated heterocycles. The fraction of sp³-hybridized carbons (Fsp3) is 0.533. The van der Waals surface area contributed by atoms with Crippen molar-refractivity contribution in [2.75, 3.05) is 18.9 Å². The van der Waals surface area contributed by atoms with Gasteiger partial charge in [0.15, 0.2) is 0 Å². The number of amides is 1. The zero-order valence-corrected chi connectivity index (χ0v) is 11.2. The monoisotopic (exact) mass is 262 g/mol. The molecule has 0 spiro atoms. The van der Waals surface area contributed by atoms with Crippen LogP contribution in [0, 0.1) is 11.7 Å². The predicted octanol–water partition coefficient (Wildman–Crippen LogP) is 2.88. The summed E-state index contributed by atoms with van der Waals surface area (Å²) in [6.45, 7) is 0.836. The van der Waals surface area contributed by atoms with Crippen molar-refractivity contribution in [2.24, 2.45) is 5.92 Å². The predicted molar refractivity (Wildman–Crippen MR) is 72.7 cm³/mol. The Balaban J connectivity index is 1.86. The Kier molecular flexibility index (Phi) is 3.17. The van der Waals surface area contributed by atoms with Crippen LogP contribution in [0.2, 0.25) is 0 Å². The Morgan fingerprint density at radius 3 is 2.68 bits per heavy atom. The molecule has 2 aliphatic rings. The van der Waals surface area contributed by atoms with E-state index in [2.05, 4.69) is 5.32 Å². The first-order valence-corrected chi connectivity index (χ1v) is 6.98. The van der Waals surface area contributed by atoms with Crippen LogP contribution in [0.1, 0.15) is 36.0 Å². The van der Waals surface area contributed by atoms with Gasteiger partial charge in [0.2, 0.25) is 0 Å². The molecule has 4 heteroatoms. The molecule has 0 radical (unpaired) electrons. The van der Waals surface area contributed by atoms with E-state index in [9.17, 15) is 9.18 Å². The second-order valence-corrected chi connectivity index (χ2v) is 5.54. The molecule has 19 heavy (non-hydrogen) atoms. The maximum Gasteiger partial charge on any atom is 0.256 e. The molecule has 0 bridgehead atoms. The second kappa shape index (κ2) is 4.83. The van der Waals surface area contributed by atoms with Crippen molar-refractivity contribution in [3.63, 3.8) is 0 Å². The maximum absolute atomic E-state index is 13.7. The highest BCUT2D eigenvalue weighted by Gasteiger charge is 2.37. The van der Waals surface area contributed by atoms with E-state index in [0.717, 1.165) is 19.4 Å². The van der Waals surface area contributed by atoms with Crippen LogP contribution in [0.3, 0.4) is 0 Å². The highest BCUT2D eigenvalue weighted by atomic mass is 19.1. The molecule has 0 atom stereocenters. The topological polar surface area (TPSA) is 32.3 Å². The van der Waals surface area contributed by atoms with Crippen LogP contribution >= 0.6 is 0 Å². The quantitative estimate of drug-likeness (QED) is 0.885. The molecule has 1 amide bonds. The summed E-state index contributed by atoms with van der Waals surface area (Å²) >= 11 is 0. The number of benzene rings is 1. The normalized spacial score (nSPS) is 18.2. The van der Waals surface area contributed by atoms with Gasteiger partial charge in [-0.05, 0) is 43.7 Å². The minimum Gasteiger partial charge on any atom is -0.385 e. The van der Waals surface area contributed by atoms with E-state index in [1.807, 2.05) is 4.90 Å². The zero-order chi connectivity index (χ0) is 13.4. The van der Waals surface area contributed by atoms with E-state index in [-0.39, 0.29) is 11.7 Å². The fourth-order valence-electron chi connectivity index (χ4n) is 2.47. The number of carbonyl (C=O) groups excluding carboxylic acids is 1. The molecule has 2 saturated carbocycles. The van der Waals surface area contributed by atoms with Gasteiger partial charge in [0.1, 0.15) is 5.82 Å². The van der Waals surface area contributed by atoms with Crippen LogP contribution < -0.4 is 5.32 Å². The number of anilines is 1. The van der Waals surface area contributed by atoms with Gasteiger partial charge in [-0.3, -0.25) is 4.79 Å². The molecule has 102 valence electrons. The van der Waals surface area contributed by atoms with Crippen LogP contribution in [0.15, 0.2) is 18.2 Å². The molecular formula is C15H19FN2O. The molecule has 3 rings (SSSR count). The van der Waals surface area contributed by atoms with Gasteiger partial charge in [0.05, 0.1) is 11.3 Å². The Morgan fingerprint density at radius 1 is 1.37 bits per heavy atom. The molecular weight excluding hydrogens is 243 g/mol. The summed E-state index contributed by atoms with van der Waals surface area (Å²) in [7, 11) is 1.65. The van der Waals surface area contributed by atoms with Crippen LogP contribution in [0.4, 0.5) is 10.1 Å². The lowest BCUT2D eigenvalue weighted by Gasteiger charge is -2.23. The van der Waals surface area contributed by atoms with E-state index in [1.165, 1.54) is 18.9 Å². The molecule has 0 aromatic heterocycles. The van der Waals surface area contributed by atoms with Gasteiger partial charge in [-0.15, -0.1) is 0 Å². The summed E-state index contributed by atoms with van der Waals surface area (Å²) in [5.74, 6) is 0.268. The van der Waals surface area contributed by atoms with Gasteiger partial charge in [0.25, 0.3) is 5.91 Å². The number of hydrogen-bond acceptors (Lipinski definition) is 2. The number of nitrogens with zero attached hydrogens (tertiary/aromatic N) is 1. The Morgan fingerprint density at radius 2 is 2.11 bits per heavy atom. The Hall–Kier alpha value is -1.58. The first-order valence-electron chi connectivity index (χ1n) is 6.98. The summed E-state index contributed by atoms with van der Waals surface area (Å²) in [6, 6.07) is 5.07. The standard InChI is InChI=1S/C15H19FN2O/c1-17-14-12(3-2-4-13(14)16)15(19)18(11-7-8-11)9-10-5-6-10/h2-4,10-11,17H,5-9H2,1H3. The molecule has 0 aliphatic heterocycles. The SMILES string of the molecule is CNc1c(F)cccc1C(=O)N(CC1CC1)C1CC1. The minimum atomic E-state index is -0.365. The van der Waals surface area contributed by atoms with Crippen molar-refractivity contribution < 1.29 is 9.18 Å². The maximum atomic E-state index is 13.7. The lowest BCUT2D eigenvalue weighted by Crippen LogP contribution is -2.35. The van der Waals surface area contributed by atoms with Gasteiger partial charge in [-0.1, -0.05) is 6.07 Å².